The molecule has 1 aromatic heterocycles. The van der Waals surface area contributed by atoms with E-state index in [-0.39, 0.29) is 17.9 Å². The fraction of sp³-hybridized carbons (Fsp3) is 0.500. The number of hydrogen-bond donors (Lipinski definition) is 0. The van der Waals surface area contributed by atoms with Crippen LogP contribution < -0.4 is 4.90 Å². The highest BCUT2D eigenvalue weighted by Gasteiger charge is 2.38. The van der Waals surface area contributed by atoms with Gasteiger partial charge in [0.15, 0.2) is 5.82 Å². The van der Waals surface area contributed by atoms with Crippen molar-refractivity contribution in [2.75, 3.05) is 11.4 Å². The quantitative estimate of drug-likeness (QED) is 0.773. The maximum atomic E-state index is 13.0. The van der Waals surface area contributed by atoms with Crippen LogP contribution in [0, 0.1) is 12.3 Å². The number of likely N-dealkylation sites (tertiary alicyclic amines) is 1. The molecule has 6 heteroatoms. The largest absolute Gasteiger partial charge is 0.332 e. The Balaban J connectivity index is 1.71. The van der Waals surface area contributed by atoms with Gasteiger partial charge in [0.1, 0.15) is 5.82 Å². The first-order valence-electron chi connectivity index (χ1n) is 10.8. The summed E-state index contributed by atoms with van der Waals surface area (Å²) in [6, 6.07) is 9.86. The zero-order valence-corrected chi connectivity index (χ0v) is 18.3. The number of aromatic nitrogens is 2. The van der Waals surface area contributed by atoms with Gasteiger partial charge >= 0.3 is 0 Å². The van der Waals surface area contributed by atoms with Gasteiger partial charge in [0.2, 0.25) is 11.8 Å². The second kappa shape index (κ2) is 7.82. The van der Waals surface area contributed by atoms with Crippen LogP contribution in [-0.2, 0) is 22.6 Å². The molecule has 0 saturated carbocycles. The van der Waals surface area contributed by atoms with Crippen LogP contribution in [0.2, 0.25) is 0 Å². The number of carbonyl (C=O) groups is 2. The van der Waals surface area contributed by atoms with Gasteiger partial charge in [-0.3, -0.25) is 14.5 Å². The smallest absolute Gasteiger partial charge is 0.228 e. The lowest BCUT2D eigenvalue weighted by Crippen LogP contribution is -2.40. The van der Waals surface area contributed by atoms with E-state index in [2.05, 4.69) is 0 Å². The molecular weight excluding hydrogens is 376 g/mol. The maximum Gasteiger partial charge on any atom is 0.228 e. The van der Waals surface area contributed by atoms with Crippen molar-refractivity contribution in [3.63, 3.8) is 0 Å². The lowest BCUT2D eigenvalue weighted by Gasteiger charge is -2.33. The topological polar surface area (TPSA) is 66.4 Å². The lowest BCUT2D eigenvalue weighted by atomic mass is 9.94. The number of hydrogen-bond acceptors (Lipinski definition) is 4. The van der Waals surface area contributed by atoms with Crippen molar-refractivity contribution in [2.45, 2.75) is 66.0 Å². The summed E-state index contributed by atoms with van der Waals surface area (Å²) >= 11 is 0. The highest BCUT2D eigenvalue weighted by Crippen LogP contribution is 2.37. The third-order valence-electron chi connectivity index (χ3n) is 5.99. The Kier molecular flexibility index (Phi) is 5.35. The number of nitrogens with zero attached hydrogens (tertiary/aromatic N) is 4. The summed E-state index contributed by atoms with van der Waals surface area (Å²) in [6.07, 6.45) is 2.94. The van der Waals surface area contributed by atoms with Gasteiger partial charge in [-0.1, -0.05) is 51.1 Å². The number of fused-ring (bicyclic) bond motifs is 1. The van der Waals surface area contributed by atoms with E-state index >= 15 is 0 Å². The van der Waals surface area contributed by atoms with Crippen molar-refractivity contribution in [1.29, 1.82) is 0 Å². The van der Waals surface area contributed by atoms with E-state index in [4.69, 9.17) is 9.97 Å². The molecule has 0 aliphatic carbocycles. The zero-order chi connectivity index (χ0) is 21.5. The van der Waals surface area contributed by atoms with Crippen LogP contribution in [0.3, 0.4) is 0 Å². The second-order valence-electron chi connectivity index (χ2n) is 9.34. The first kappa shape index (κ1) is 20.5. The predicted octanol–water partition coefficient (Wildman–Crippen LogP) is 3.97. The van der Waals surface area contributed by atoms with Crippen LogP contribution in [-0.4, -0.2) is 33.2 Å². The fourth-order valence-corrected chi connectivity index (χ4v) is 4.39. The predicted molar refractivity (Wildman–Crippen MR) is 116 cm³/mol. The molecule has 30 heavy (non-hydrogen) atoms. The standard InChI is InChI=1S/C24H30N4O2/c1-16-18-12-13-20(29)28(15-17-9-6-5-7-10-17)22(18)26-21(25-16)19-11-8-14-27(19)23(30)24(2,3)4/h5-7,9-10,19H,8,11-15H2,1-4H3. The van der Waals surface area contributed by atoms with Crippen LogP contribution in [0.5, 0.6) is 0 Å². The first-order valence-corrected chi connectivity index (χ1v) is 10.8. The van der Waals surface area contributed by atoms with Gasteiger partial charge in [0.25, 0.3) is 0 Å². The van der Waals surface area contributed by atoms with Crippen LogP contribution in [0.25, 0.3) is 0 Å². The number of aryl methyl sites for hydroxylation is 1. The van der Waals surface area contributed by atoms with Gasteiger partial charge in [-0.15, -0.1) is 0 Å². The molecule has 2 aliphatic rings. The Labute approximate surface area is 178 Å². The van der Waals surface area contributed by atoms with Crippen molar-refractivity contribution in [1.82, 2.24) is 14.9 Å². The Morgan fingerprint density at radius 1 is 1.13 bits per heavy atom. The van der Waals surface area contributed by atoms with Crippen molar-refractivity contribution >= 4 is 17.6 Å². The number of carbonyl (C=O) groups excluding carboxylic acids is 2. The molecule has 158 valence electrons. The van der Waals surface area contributed by atoms with E-state index < -0.39 is 5.41 Å². The molecule has 1 fully saturated rings. The third kappa shape index (κ3) is 3.83. The van der Waals surface area contributed by atoms with E-state index in [1.54, 1.807) is 4.90 Å². The van der Waals surface area contributed by atoms with Gasteiger partial charge in [0.05, 0.1) is 12.6 Å². The molecule has 0 spiro atoms. The number of anilines is 1. The van der Waals surface area contributed by atoms with Gasteiger partial charge in [-0.2, -0.15) is 0 Å². The molecular formula is C24H30N4O2. The summed E-state index contributed by atoms with van der Waals surface area (Å²) < 4.78 is 0. The van der Waals surface area contributed by atoms with Crippen molar-refractivity contribution in [2.24, 2.45) is 5.41 Å². The molecule has 0 radical (unpaired) electrons. The molecule has 2 aromatic rings. The van der Waals surface area contributed by atoms with Crippen molar-refractivity contribution in [3.05, 3.63) is 53.0 Å². The summed E-state index contributed by atoms with van der Waals surface area (Å²) in [7, 11) is 0. The van der Waals surface area contributed by atoms with E-state index in [0.717, 1.165) is 36.2 Å². The van der Waals surface area contributed by atoms with Gasteiger partial charge in [-0.05, 0) is 31.7 Å². The number of rotatable bonds is 3. The zero-order valence-electron chi connectivity index (χ0n) is 18.3. The van der Waals surface area contributed by atoms with Crippen LogP contribution in [0.4, 0.5) is 5.82 Å². The first-order chi connectivity index (χ1) is 14.3. The van der Waals surface area contributed by atoms with Gasteiger partial charge in [-0.25, -0.2) is 9.97 Å². The summed E-state index contributed by atoms with van der Waals surface area (Å²) in [4.78, 5) is 39.2. The molecule has 2 amide bonds. The second-order valence-corrected chi connectivity index (χ2v) is 9.34. The maximum absolute atomic E-state index is 13.0. The van der Waals surface area contributed by atoms with Crippen molar-refractivity contribution < 1.29 is 9.59 Å². The molecule has 6 nitrogen and oxygen atoms in total. The molecule has 0 N–H and O–H groups in total. The monoisotopic (exact) mass is 406 g/mol. The summed E-state index contributed by atoms with van der Waals surface area (Å²) in [5.74, 6) is 1.59. The Morgan fingerprint density at radius 3 is 2.57 bits per heavy atom. The summed E-state index contributed by atoms with van der Waals surface area (Å²) in [5.41, 5.74) is 2.58. The fourth-order valence-electron chi connectivity index (χ4n) is 4.39. The molecule has 3 heterocycles. The minimum atomic E-state index is -0.443. The third-order valence-corrected chi connectivity index (χ3v) is 5.99. The van der Waals surface area contributed by atoms with Crippen LogP contribution in [0.15, 0.2) is 30.3 Å². The van der Waals surface area contributed by atoms with E-state index in [1.807, 2.05) is 62.9 Å². The molecule has 1 atom stereocenters. The summed E-state index contributed by atoms with van der Waals surface area (Å²) in [6.45, 7) is 9.06. The Morgan fingerprint density at radius 2 is 1.87 bits per heavy atom. The number of benzene rings is 1. The lowest BCUT2D eigenvalue weighted by molar-refractivity contribution is -0.140. The Hall–Kier alpha value is -2.76. The SMILES string of the molecule is Cc1nc(C2CCCN2C(=O)C(C)(C)C)nc2c1CCC(=O)N2Cc1ccccc1. The highest BCUT2D eigenvalue weighted by atomic mass is 16.2. The van der Waals surface area contributed by atoms with Gasteiger partial charge < -0.3 is 4.90 Å². The van der Waals surface area contributed by atoms with E-state index in [9.17, 15) is 9.59 Å². The van der Waals surface area contributed by atoms with E-state index in [1.165, 1.54) is 0 Å². The van der Waals surface area contributed by atoms with Crippen LogP contribution in [0.1, 0.15) is 68.7 Å². The minimum Gasteiger partial charge on any atom is -0.332 e. The van der Waals surface area contributed by atoms with Gasteiger partial charge in [0, 0.05) is 29.6 Å². The highest BCUT2D eigenvalue weighted by molar-refractivity contribution is 5.95. The molecule has 1 saturated heterocycles. The molecule has 1 aromatic carbocycles. The average Bonchev–Trinajstić information content (AvgIpc) is 3.19. The molecule has 0 bridgehead atoms. The summed E-state index contributed by atoms with van der Waals surface area (Å²) in [5, 5.41) is 0. The number of amides is 2. The normalized spacial score (nSPS) is 19.2. The molecule has 4 rings (SSSR count). The van der Waals surface area contributed by atoms with Crippen molar-refractivity contribution in [3.8, 4) is 0 Å². The molecule has 1 unspecified atom stereocenters. The molecule has 2 aliphatic heterocycles. The average molecular weight is 407 g/mol. The van der Waals surface area contributed by atoms with Crippen LogP contribution >= 0.6 is 0 Å². The Bertz CT molecular complexity index is 965. The minimum absolute atomic E-state index is 0.0875. The van der Waals surface area contributed by atoms with E-state index in [0.29, 0.717) is 31.0 Å².